The SMILES string of the molecule is COc1cc(CN(C)CC(O)COc2c(C)cccc2C)ccc1OC(F)F. The summed E-state index contributed by atoms with van der Waals surface area (Å²) in [5.74, 6) is 1.03. The molecule has 1 N–H and O–H groups in total. The van der Waals surface area contributed by atoms with E-state index >= 15 is 0 Å². The number of para-hydroxylation sites is 1. The van der Waals surface area contributed by atoms with Crippen LogP contribution >= 0.6 is 0 Å². The Bertz CT molecular complexity index is 750. The third-order valence-electron chi connectivity index (χ3n) is 4.25. The molecule has 0 saturated heterocycles. The summed E-state index contributed by atoms with van der Waals surface area (Å²) in [5, 5.41) is 10.3. The number of benzene rings is 2. The van der Waals surface area contributed by atoms with Gasteiger partial charge in [-0.3, -0.25) is 4.90 Å². The minimum atomic E-state index is -2.91. The lowest BCUT2D eigenvalue weighted by molar-refractivity contribution is -0.0512. The normalized spacial score (nSPS) is 12.3. The minimum Gasteiger partial charge on any atom is -0.493 e. The van der Waals surface area contributed by atoms with Gasteiger partial charge in [0, 0.05) is 13.1 Å². The van der Waals surface area contributed by atoms with Crippen LogP contribution in [0.15, 0.2) is 36.4 Å². The summed E-state index contributed by atoms with van der Waals surface area (Å²) in [4.78, 5) is 1.92. The second-order valence-corrected chi connectivity index (χ2v) is 6.75. The second-order valence-electron chi connectivity index (χ2n) is 6.75. The molecule has 0 aliphatic heterocycles. The summed E-state index contributed by atoms with van der Waals surface area (Å²) in [7, 11) is 3.26. The predicted molar refractivity (Wildman–Crippen MR) is 103 cm³/mol. The van der Waals surface area contributed by atoms with Crippen molar-refractivity contribution in [2.24, 2.45) is 0 Å². The molecule has 0 amide bonds. The van der Waals surface area contributed by atoms with Crippen LogP contribution in [0, 0.1) is 13.8 Å². The van der Waals surface area contributed by atoms with Crippen molar-refractivity contribution >= 4 is 0 Å². The first-order valence-corrected chi connectivity index (χ1v) is 8.97. The summed E-state index contributed by atoms with van der Waals surface area (Å²) in [6, 6.07) is 10.7. The molecule has 2 rings (SSSR count). The van der Waals surface area contributed by atoms with Gasteiger partial charge in [-0.25, -0.2) is 0 Å². The number of likely N-dealkylation sites (N-methyl/N-ethyl adjacent to an activating group) is 1. The average Bonchev–Trinajstić information content (AvgIpc) is 2.62. The van der Waals surface area contributed by atoms with Gasteiger partial charge in [-0.1, -0.05) is 24.3 Å². The van der Waals surface area contributed by atoms with Crippen molar-refractivity contribution in [1.29, 1.82) is 0 Å². The van der Waals surface area contributed by atoms with Gasteiger partial charge < -0.3 is 19.3 Å². The Morgan fingerprint density at radius 2 is 1.75 bits per heavy atom. The van der Waals surface area contributed by atoms with Crippen molar-refractivity contribution in [2.45, 2.75) is 33.1 Å². The van der Waals surface area contributed by atoms with E-state index in [0.717, 1.165) is 22.4 Å². The summed E-state index contributed by atoms with van der Waals surface area (Å²) in [5.41, 5.74) is 2.90. The number of halogens is 2. The molecule has 1 atom stereocenters. The van der Waals surface area contributed by atoms with E-state index in [1.165, 1.54) is 13.2 Å². The van der Waals surface area contributed by atoms with E-state index in [-0.39, 0.29) is 18.1 Å². The zero-order valence-electron chi connectivity index (χ0n) is 16.6. The molecule has 0 bridgehead atoms. The van der Waals surface area contributed by atoms with Crippen LogP contribution in [0.4, 0.5) is 8.78 Å². The van der Waals surface area contributed by atoms with Crippen molar-refractivity contribution in [2.75, 3.05) is 27.3 Å². The van der Waals surface area contributed by atoms with E-state index in [2.05, 4.69) is 4.74 Å². The Hall–Kier alpha value is -2.38. The highest BCUT2D eigenvalue weighted by atomic mass is 19.3. The number of hydrogen-bond donors (Lipinski definition) is 1. The van der Waals surface area contributed by atoms with Crippen molar-refractivity contribution in [3.63, 3.8) is 0 Å². The Morgan fingerprint density at radius 1 is 1.07 bits per heavy atom. The van der Waals surface area contributed by atoms with Crippen LogP contribution in [0.2, 0.25) is 0 Å². The zero-order chi connectivity index (χ0) is 20.7. The number of nitrogens with zero attached hydrogens (tertiary/aromatic N) is 1. The maximum atomic E-state index is 12.4. The van der Waals surface area contributed by atoms with E-state index in [4.69, 9.17) is 9.47 Å². The van der Waals surface area contributed by atoms with Gasteiger partial charge in [0.05, 0.1) is 7.11 Å². The molecule has 154 valence electrons. The number of hydrogen-bond acceptors (Lipinski definition) is 5. The molecule has 1 unspecified atom stereocenters. The molecule has 0 aliphatic rings. The molecule has 0 aromatic heterocycles. The highest BCUT2D eigenvalue weighted by molar-refractivity contribution is 5.43. The molecule has 7 heteroatoms. The molecule has 0 radical (unpaired) electrons. The topological polar surface area (TPSA) is 51.2 Å². The zero-order valence-corrected chi connectivity index (χ0v) is 16.6. The van der Waals surface area contributed by atoms with E-state index in [9.17, 15) is 13.9 Å². The lowest BCUT2D eigenvalue weighted by Gasteiger charge is -2.22. The van der Waals surface area contributed by atoms with E-state index < -0.39 is 12.7 Å². The first-order chi connectivity index (χ1) is 13.3. The maximum Gasteiger partial charge on any atom is 0.387 e. The van der Waals surface area contributed by atoms with Crippen LogP contribution in [0.5, 0.6) is 17.2 Å². The van der Waals surface area contributed by atoms with Crippen LogP contribution in [0.1, 0.15) is 16.7 Å². The fraction of sp³-hybridized carbons (Fsp3) is 0.429. The molecule has 5 nitrogen and oxygen atoms in total. The van der Waals surface area contributed by atoms with E-state index in [1.807, 2.05) is 44.0 Å². The van der Waals surface area contributed by atoms with Gasteiger partial charge in [0.25, 0.3) is 0 Å². The molecule has 0 heterocycles. The summed E-state index contributed by atoms with van der Waals surface area (Å²) < 4.78 is 40.1. The van der Waals surface area contributed by atoms with E-state index in [1.54, 1.807) is 12.1 Å². The number of alkyl halides is 2. The number of ether oxygens (including phenoxy) is 3. The van der Waals surface area contributed by atoms with Crippen molar-refractivity contribution < 1.29 is 28.1 Å². The highest BCUT2D eigenvalue weighted by Crippen LogP contribution is 2.29. The van der Waals surface area contributed by atoms with Gasteiger partial charge >= 0.3 is 6.61 Å². The predicted octanol–water partition coefficient (Wildman–Crippen LogP) is 3.79. The Kier molecular flexibility index (Phi) is 8.02. The van der Waals surface area contributed by atoms with Gasteiger partial charge in [0.2, 0.25) is 0 Å². The molecule has 2 aromatic carbocycles. The molecule has 2 aromatic rings. The Morgan fingerprint density at radius 3 is 2.36 bits per heavy atom. The largest absolute Gasteiger partial charge is 0.493 e. The Labute approximate surface area is 164 Å². The lowest BCUT2D eigenvalue weighted by atomic mass is 10.1. The smallest absolute Gasteiger partial charge is 0.387 e. The number of rotatable bonds is 10. The third kappa shape index (κ3) is 6.35. The Balaban J connectivity index is 1.89. The van der Waals surface area contributed by atoms with Crippen molar-refractivity contribution in [3.8, 4) is 17.2 Å². The molecule has 0 saturated carbocycles. The molecular formula is C21H27F2NO4. The lowest BCUT2D eigenvalue weighted by Crippen LogP contribution is -2.33. The summed E-state index contributed by atoms with van der Waals surface area (Å²) in [6.45, 7) is 2.11. The minimum absolute atomic E-state index is 0.00839. The van der Waals surface area contributed by atoms with Crippen molar-refractivity contribution in [1.82, 2.24) is 4.90 Å². The second kappa shape index (κ2) is 10.2. The first kappa shape index (κ1) is 21.9. The number of methoxy groups -OCH3 is 1. The quantitative estimate of drug-likeness (QED) is 0.663. The highest BCUT2D eigenvalue weighted by Gasteiger charge is 2.14. The van der Waals surface area contributed by atoms with Gasteiger partial charge in [0.15, 0.2) is 11.5 Å². The van der Waals surface area contributed by atoms with Crippen LogP contribution in [0.3, 0.4) is 0 Å². The van der Waals surface area contributed by atoms with Gasteiger partial charge in [-0.2, -0.15) is 8.78 Å². The van der Waals surface area contributed by atoms with Crippen LogP contribution in [-0.2, 0) is 6.54 Å². The van der Waals surface area contributed by atoms with Crippen molar-refractivity contribution in [3.05, 3.63) is 53.1 Å². The van der Waals surface area contributed by atoms with Gasteiger partial charge in [0.1, 0.15) is 18.5 Å². The number of aliphatic hydroxyl groups excluding tert-OH is 1. The monoisotopic (exact) mass is 395 g/mol. The molecule has 0 aliphatic carbocycles. The van der Waals surface area contributed by atoms with E-state index in [0.29, 0.717) is 13.1 Å². The summed E-state index contributed by atoms with van der Waals surface area (Å²) >= 11 is 0. The van der Waals surface area contributed by atoms with Crippen LogP contribution in [0.25, 0.3) is 0 Å². The molecule has 0 spiro atoms. The molecule has 0 fully saturated rings. The van der Waals surface area contributed by atoms with Gasteiger partial charge in [-0.15, -0.1) is 0 Å². The maximum absolute atomic E-state index is 12.4. The number of aliphatic hydroxyl groups is 1. The van der Waals surface area contributed by atoms with Gasteiger partial charge in [-0.05, 0) is 49.7 Å². The van der Waals surface area contributed by atoms with Crippen LogP contribution < -0.4 is 14.2 Å². The molecule has 28 heavy (non-hydrogen) atoms. The number of aryl methyl sites for hydroxylation is 2. The fourth-order valence-electron chi connectivity index (χ4n) is 3.00. The average molecular weight is 395 g/mol. The third-order valence-corrected chi connectivity index (χ3v) is 4.25. The van der Waals surface area contributed by atoms with Crippen LogP contribution in [-0.4, -0.2) is 50.0 Å². The standard InChI is InChI=1S/C21H27F2NO4/c1-14-6-5-7-15(2)20(14)27-13-17(25)12-24(3)11-16-8-9-18(28-21(22)23)19(10-16)26-4/h5-10,17,21,25H,11-13H2,1-4H3. The first-order valence-electron chi connectivity index (χ1n) is 8.97. The molecular weight excluding hydrogens is 368 g/mol. The summed E-state index contributed by atoms with van der Waals surface area (Å²) in [6.07, 6.45) is -0.674. The fourth-order valence-corrected chi connectivity index (χ4v) is 3.00.